The van der Waals surface area contributed by atoms with Crippen LogP contribution in [-0.2, 0) is 0 Å². The van der Waals surface area contributed by atoms with Gasteiger partial charge in [-0.05, 0) is 30.6 Å². The van der Waals surface area contributed by atoms with Crippen LogP contribution in [0.25, 0.3) is 11.0 Å². The first-order valence-corrected chi connectivity index (χ1v) is 8.48. The van der Waals surface area contributed by atoms with Gasteiger partial charge in [-0.25, -0.2) is 9.97 Å². The maximum atomic E-state index is 10.0. The van der Waals surface area contributed by atoms with Crippen molar-refractivity contribution >= 4 is 11.0 Å². The van der Waals surface area contributed by atoms with Crippen molar-refractivity contribution in [2.45, 2.75) is 25.0 Å². The van der Waals surface area contributed by atoms with Crippen molar-refractivity contribution in [1.29, 1.82) is 0 Å². The van der Waals surface area contributed by atoms with Gasteiger partial charge in [-0.1, -0.05) is 0 Å². The Labute approximate surface area is 145 Å². The predicted molar refractivity (Wildman–Crippen MR) is 89.9 cm³/mol. The predicted octanol–water partition coefficient (Wildman–Crippen LogP) is 1.40. The number of aromatic nitrogens is 2. The molecule has 5 atom stereocenters. The summed E-state index contributed by atoms with van der Waals surface area (Å²) < 4.78 is 16.4. The first-order valence-electron chi connectivity index (χ1n) is 8.48. The van der Waals surface area contributed by atoms with Crippen molar-refractivity contribution in [2.75, 3.05) is 20.8 Å². The number of ether oxygens (including phenoxy) is 3. The molecule has 1 heterocycles. The highest BCUT2D eigenvalue weighted by atomic mass is 16.5. The molecule has 1 aromatic heterocycles. The summed E-state index contributed by atoms with van der Waals surface area (Å²) in [6, 6.07) is 3.55. The summed E-state index contributed by atoms with van der Waals surface area (Å²) in [6.07, 6.45) is 2.13. The van der Waals surface area contributed by atoms with Gasteiger partial charge in [0.2, 0.25) is 5.88 Å². The van der Waals surface area contributed by atoms with Gasteiger partial charge in [-0.3, -0.25) is 0 Å². The summed E-state index contributed by atoms with van der Waals surface area (Å²) in [6.45, 7) is 0.471. The van der Waals surface area contributed by atoms with E-state index in [0.717, 1.165) is 12.8 Å². The van der Waals surface area contributed by atoms with Crippen LogP contribution in [0.5, 0.6) is 17.4 Å². The number of aliphatic hydroxyl groups is 2. The lowest BCUT2D eigenvalue weighted by Crippen LogP contribution is -2.38. The zero-order valence-corrected chi connectivity index (χ0v) is 14.3. The molecule has 134 valence electrons. The Kier molecular flexibility index (Phi) is 4.13. The molecule has 0 amide bonds. The Morgan fingerprint density at radius 1 is 1.04 bits per heavy atom. The molecule has 2 fully saturated rings. The number of benzene rings is 1. The Bertz CT molecular complexity index is 781. The van der Waals surface area contributed by atoms with Crippen molar-refractivity contribution < 1.29 is 24.4 Å². The van der Waals surface area contributed by atoms with Gasteiger partial charge >= 0.3 is 0 Å². The van der Waals surface area contributed by atoms with E-state index in [9.17, 15) is 10.2 Å². The van der Waals surface area contributed by atoms with E-state index in [4.69, 9.17) is 14.2 Å². The number of nitrogens with zero attached hydrogens (tertiary/aromatic N) is 2. The molecule has 0 radical (unpaired) electrons. The maximum Gasteiger partial charge on any atom is 0.232 e. The average Bonchev–Trinajstić information content (AvgIpc) is 3.18. The Morgan fingerprint density at radius 2 is 1.76 bits per heavy atom. The normalized spacial score (nSPS) is 30.6. The standard InChI is InChI=1S/C18H22N2O5/c1-23-14-5-12-13(6-15(14)24-2)20-16(7-19-12)25-8-10-3-9-4-11(10)18(22)17(9)21/h5-7,9-11,17-18,21-22H,3-4,8H2,1-2H3. The summed E-state index contributed by atoms with van der Waals surface area (Å²) in [4.78, 5) is 8.86. The second-order valence-electron chi connectivity index (χ2n) is 6.85. The second-order valence-corrected chi connectivity index (χ2v) is 6.85. The van der Waals surface area contributed by atoms with Crippen molar-refractivity contribution in [3.63, 3.8) is 0 Å². The van der Waals surface area contributed by atoms with E-state index in [-0.39, 0.29) is 17.8 Å². The van der Waals surface area contributed by atoms with Crippen LogP contribution in [-0.4, -0.2) is 53.2 Å². The maximum absolute atomic E-state index is 10.0. The Hall–Kier alpha value is -2.12. The third kappa shape index (κ3) is 2.77. The molecule has 2 bridgehead atoms. The van der Waals surface area contributed by atoms with E-state index in [1.54, 1.807) is 32.5 Å². The van der Waals surface area contributed by atoms with Crippen LogP contribution in [0.3, 0.4) is 0 Å². The van der Waals surface area contributed by atoms with E-state index in [1.807, 2.05) is 0 Å². The van der Waals surface area contributed by atoms with Crippen LogP contribution in [0, 0.1) is 17.8 Å². The molecule has 4 rings (SSSR count). The smallest absolute Gasteiger partial charge is 0.232 e. The van der Waals surface area contributed by atoms with Crippen LogP contribution < -0.4 is 14.2 Å². The molecular formula is C18H22N2O5. The van der Waals surface area contributed by atoms with E-state index in [2.05, 4.69) is 9.97 Å². The van der Waals surface area contributed by atoms with Crippen LogP contribution in [0.1, 0.15) is 12.8 Å². The second kappa shape index (κ2) is 6.31. The molecule has 25 heavy (non-hydrogen) atoms. The van der Waals surface area contributed by atoms with Gasteiger partial charge < -0.3 is 24.4 Å². The molecule has 2 aromatic rings. The minimum atomic E-state index is -0.633. The van der Waals surface area contributed by atoms with Crippen LogP contribution >= 0.6 is 0 Å². The molecule has 0 spiro atoms. The largest absolute Gasteiger partial charge is 0.493 e. The summed E-state index contributed by atoms with van der Waals surface area (Å²) >= 11 is 0. The zero-order chi connectivity index (χ0) is 17.6. The van der Waals surface area contributed by atoms with Crippen LogP contribution in [0.4, 0.5) is 0 Å². The number of hydrogen-bond acceptors (Lipinski definition) is 7. The van der Waals surface area contributed by atoms with Gasteiger partial charge in [-0.15, -0.1) is 0 Å². The molecule has 2 aliphatic rings. The third-order valence-corrected chi connectivity index (χ3v) is 5.53. The van der Waals surface area contributed by atoms with E-state index < -0.39 is 12.2 Å². The van der Waals surface area contributed by atoms with Crippen molar-refractivity contribution in [3.8, 4) is 17.4 Å². The Balaban J connectivity index is 1.49. The first kappa shape index (κ1) is 16.4. The molecule has 0 saturated heterocycles. The fraction of sp³-hybridized carbons (Fsp3) is 0.556. The minimum absolute atomic E-state index is 0.109. The van der Waals surface area contributed by atoms with Crippen LogP contribution in [0.2, 0.25) is 0 Å². The summed E-state index contributed by atoms with van der Waals surface area (Å²) in [5.41, 5.74) is 1.36. The Morgan fingerprint density at radius 3 is 2.40 bits per heavy atom. The highest BCUT2D eigenvalue weighted by molar-refractivity contribution is 5.79. The van der Waals surface area contributed by atoms with Crippen molar-refractivity contribution in [2.24, 2.45) is 17.8 Å². The van der Waals surface area contributed by atoms with Gasteiger partial charge in [0, 0.05) is 12.1 Å². The molecular weight excluding hydrogens is 324 g/mol. The lowest BCUT2D eigenvalue weighted by molar-refractivity contribution is -0.0404. The van der Waals surface area contributed by atoms with Gasteiger partial charge in [0.1, 0.15) is 0 Å². The molecule has 2 saturated carbocycles. The third-order valence-electron chi connectivity index (χ3n) is 5.53. The topological polar surface area (TPSA) is 93.9 Å². The van der Waals surface area contributed by atoms with Crippen molar-refractivity contribution in [3.05, 3.63) is 18.3 Å². The molecule has 5 unspecified atom stereocenters. The zero-order valence-electron chi connectivity index (χ0n) is 14.3. The molecule has 1 aromatic carbocycles. The fourth-order valence-electron chi connectivity index (χ4n) is 4.21. The SMILES string of the molecule is COc1cc2ncc(OCC3CC4CC3C(O)C4O)nc2cc1OC. The lowest BCUT2D eigenvalue weighted by Gasteiger charge is -2.29. The number of rotatable bonds is 5. The number of methoxy groups -OCH3 is 2. The molecule has 7 heteroatoms. The highest BCUT2D eigenvalue weighted by Gasteiger charge is 2.51. The highest BCUT2D eigenvalue weighted by Crippen LogP contribution is 2.48. The monoisotopic (exact) mass is 346 g/mol. The average molecular weight is 346 g/mol. The van der Waals surface area contributed by atoms with Gasteiger partial charge in [0.05, 0.1) is 50.3 Å². The lowest BCUT2D eigenvalue weighted by atomic mass is 9.86. The van der Waals surface area contributed by atoms with Gasteiger partial charge in [0.15, 0.2) is 11.5 Å². The molecule has 2 aliphatic carbocycles. The molecule has 2 N–H and O–H groups in total. The number of fused-ring (bicyclic) bond motifs is 3. The number of aliphatic hydroxyl groups excluding tert-OH is 2. The molecule has 7 nitrogen and oxygen atoms in total. The summed E-state index contributed by atoms with van der Waals surface area (Å²) in [5, 5.41) is 19.9. The minimum Gasteiger partial charge on any atom is -0.493 e. The number of hydrogen-bond donors (Lipinski definition) is 2. The quantitative estimate of drug-likeness (QED) is 0.845. The van der Waals surface area contributed by atoms with E-state index >= 15 is 0 Å². The summed E-state index contributed by atoms with van der Waals surface area (Å²) in [7, 11) is 3.15. The van der Waals surface area contributed by atoms with E-state index in [1.165, 1.54) is 0 Å². The van der Waals surface area contributed by atoms with Crippen LogP contribution in [0.15, 0.2) is 18.3 Å². The van der Waals surface area contributed by atoms with Crippen molar-refractivity contribution in [1.82, 2.24) is 9.97 Å². The fourth-order valence-corrected chi connectivity index (χ4v) is 4.21. The van der Waals surface area contributed by atoms with Gasteiger partial charge in [0.25, 0.3) is 0 Å². The van der Waals surface area contributed by atoms with E-state index in [0.29, 0.717) is 35.0 Å². The summed E-state index contributed by atoms with van der Waals surface area (Å²) in [5.74, 6) is 2.17. The molecule has 0 aliphatic heterocycles. The van der Waals surface area contributed by atoms with Gasteiger partial charge in [-0.2, -0.15) is 0 Å². The first-order chi connectivity index (χ1) is 12.1.